The summed E-state index contributed by atoms with van der Waals surface area (Å²) < 4.78 is 0. The van der Waals surface area contributed by atoms with E-state index >= 15 is 0 Å². The second-order valence-corrected chi connectivity index (χ2v) is 23.6. The first kappa shape index (κ1) is 70.4. The zero-order chi connectivity index (χ0) is 51.3. The van der Waals surface area contributed by atoms with Gasteiger partial charge in [-0.2, -0.15) is 0 Å². The third-order valence-corrected chi connectivity index (χ3v) is 16.4. The Morgan fingerprint density at radius 3 is 0.634 bits per heavy atom. The molecule has 0 aliphatic carbocycles. The van der Waals surface area contributed by atoms with Gasteiger partial charge in [-0.1, -0.05) is 386 Å². The zero-order valence-electron chi connectivity index (χ0n) is 49.3. The summed E-state index contributed by atoms with van der Waals surface area (Å²) in [6, 6.07) is -0.533. The van der Waals surface area contributed by atoms with Crippen LogP contribution in [-0.2, 0) is 4.79 Å². The van der Waals surface area contributed by atoms with Crippen LogP contribution in [0.5, 0.6) is 0 Å². The van der Waals surface area contributed by atoms with E-state index in [9.17, 15) is 15.0 Å². The molecule has 426 valence electrons. The predicted molar refractivity (Wildman–Crippen MR) is 318 cm³/mol. The molecule has 1 amide bonds. The fourth-order valence-electron chi connectivity index (χ4n) is 11.3. The number of carbonyl (C=O) groups is 1. The van der Waals surface area contributed by atoms with Gasteiger partial charge in [-0.25, -0.2) is 0 Å². The van der Waals surface area contributed by atoms with Crippen molar-refractivity contribution in [2.45, 2.75) is 418 Å². The van der Waals surface area contributed by atoms with Crippen LogP contribution in [-0.4, -0.2) is 34.9 Å². The molecule has 0 spiro atoms. The number of hydrogen-bond acceptors (Lipinski definition) is 3. The molecule has 0 bridgehead atoms. The second-order valence-electron chi connectivity index (χ2n) is 23.6. The fourth-order valence-corrected chi connectivity index (χ4v) is 11.3. The van der Waals surface area contributed by atoms with E-state index in [2.05, 4.69) is 19.2 Å². The highest BCUT2D eigenvalue weighted by Crippen LogP contribution is 2.20. The van der Waals surface area contributed by atoms with Crippen LogP contribution in [0.2, 0.25) is 0 Å². The molecule has 3 N–H and O–H groups in total. The first-order valence-electron chi connectivity index (χ1n) is 33.7. The van der Waals surface area contributed by atoms with Crippen molar-refractivity contribution >= 4 is 5.91 Å². The summed E-state index contributed by atoms with van der Waals surface area (Å²) in [6.07, 6.45) is 83.0. The number of amides is 1. The average Bonchev–Trinajstić information content (AvgIpc) is 3.37. The van der Waals surface area contributed by atoms with Gasteiger partial charge in [-0.05, 0) is 12.8 Å². The summed E-state index contributed by atoms with van der Waals surface area (Å²) in [6.45, 7) is 4.42. The van der Waals surface area contributed by atoms with Crippen LogP contribution in [0.4, 0.5) is 0 Å². The molecule has 0 aliphatic rings. The Morgan fingerprint density at radius 2 is 0.451 bits per heavy atom. The Labute approximate surface area is 448 Å². The summed E-state index contributed by atoms with van der Waals surface area (Å²) in [5.41, 5.74) is 0. The van der Waals surface area contributed by atoms with E-state index in [-0.39, 0.29) is 12.5 Å². The molecule has 0 saturated heterocycles. The van der Waals surface area contributed by atoms with E-state index in [0.717, 1.165) is 25.7 Å². The summed E-state index contributed by atoms with van der Waals surface area (Å²) in [7, 11) is 0. The van der Waals surface area contributed by atoms with Gasteiger partial charge in [0, 0.05) is 6.42 Å². The number of nitrogens with one attached hydrogen (secondary N) is 1. The van der Waals surface area contributed by atoms with E-state index in [1.807, 2.05) is 0 Å². The van der Waals surface area contributed by atoms with Crippen LogP contribution in [0.25, 0.3) is 0 Å². The molecule has 71 heavy (non-hydrogen) atoms. The molecule has 0 radical (unpaired) electrons. The highest BCUT2D eigenvalue weighted by atomic mass is 16.3. The number of carbonyl (C=O) groups excluding carboxylic acids is 1. The van der Waals surface area contributed by atoms with Crippen molar-refractivity contribution in [1.29, 1.82) is 0 Å². The molecular weight excluding hydrogens is 867 g/mol. The number of rotatable bonds is 64. The molecule has 0 aromatic heterocycles. The lowest BCUT2D eigenvalue weighted by atomic mass is 10.0. The predicted octanol–water partition coefficient (Wildman–Crippen LogP) is 22.7. The molecule has 0 heterocycles. The first-order chi connectivity index (χ1) is 35.2. The maximum absolute atomic E-state index is 12.5. The van der Waals surface area contributed by atoms with E-state index in [1.165, 1.54) is 353 Å². The molecule has 2 atom stereocenters. The summed E-state index contributed by atoms with van der Waals surface area (Å²) in [5.74, 6) is -0.0195. The Bertz CT molecular complexity index is 956. The van der Waals surface area contributed by atoms with Crippen LogP contribution >= 0.6 is 0 Å². The van der Waals surface area contributed by atoms with Crippen molar-refractivity contribution in [1.82, 2.24) is 5.32 Å². The van der Waals surface area contributed by atoms with Gasteiger partial charge in [0.25, 0.3) is 0 Å². The molecular formula is C67H135NO3. The lowest BCUT2D eigenvalue weighted by Crippen LogP contribution is -2.45. The molecule has 4 nitrogen and oxygen atoms in total. The number of aliphatic hydroxyl groups excluding tert-OH is 2. The molecule has 0 aromatic rings. The Kier molecular flexibility index (Phi) is 63.1. The standard InChI is InChI=1S/C67H135NO3/c1-3-5-7-9-11-13-15-17-19-21-23-25-27-29-31-33-34-35-37-39-41-43-45-47-49-51-53-55-57-59-61-63-67(71)68-65(64-69)66(70)62-60-58-56-54-52-50-48-46-44-42-40-38-36-32-30-28-26-24-22-20-18-16-14-12-10-8-6-4-2/h65-66,69-70H,3-64H2,1-2H3,(H,68,71). The van der Waals surface area contributed by atoms with Crippen molar-refractivity contribution in [3.8, 4) is 0 Å². The van der Waals surface area contributed by atoms with Crippen LogP contribution in [0.3, 0.4) is 0 Å². The van der Waals surface area contributed by atoms with E-state index < -0.39 is 12.1 Å². The quantitative estimate of drug-likeness (QED) is 0.0532. The van der Waals surface area contributed by atoms with Crippen LogP contribution in [0, 0.1) is 0 Å². The SMILES string of the molecule is CCCCCCCCCCCCCCCCCCCCCCCCCCCCCCCCCC(=O)NC(CO)C(O)CCCCCCCCCCCCCCCCCCCCCCCCCCCCCC. The van der Waals surface area contributed by atoms with Gasteiger partial charge in [0.1, 0.15) is 0 Å². The zero-order valence-corrected chi connectivity index (χ0v) is 49.3. The highest BCUT2D eigenvalue weighted by Gasteiger charge is 2.20. The minimum atomic E-state index is -0.656. The Balaban J connectivity index is 3.36. The van der Waals surface area contributed by atoms with Crippen LogP contribution < -0.4 is 5.32 Å². The Morgan fingerprint density at radius 1 is 0.282 bits per heavy atom. The normalized spacial score (nSPS) is 12.6. The Hall–Kier alpha value is -0.610. The van der Waals surface area contributed by atoms with E-state index in [4.69, 9.17) is 0 Å². The highest BCUT2D eigenvalue weighted by molar-refractivity contribution is 5.76. The van der Waals surface area contributed by atoms with Gasteiger partial charge in [0.15, 0.2) is 0 Å². The summed E-state index contributed by atoms with van der Waals surface area (Å²) >= 11 is 0. The minimum absolute atomic E-state index is 0.0195. The first-order valence-corrected chi connectivity index (χ1v) is 33.7. The van der Waals surface area contributed by atoms with Gasteiger partial charge < -0.3 is 15.5 Å². The van der Waals surface area contributed by atoms with Gasteiger partial charge in [-0.3, -0.25) is 4.79 Å². The van der Waals surface area contributed by atoms with Gasteiger partial charge in [-0.15, -0.1) is 0 Å². The molecule has 0 aliphatic heterocycles. The van der Waals surface area contributed by atoms with Gasteiger partial charge >= 0.3 is 0 Å². The van der Waals surface area contributed by atoms with Crippen molar-refractivity contribution in [3.63, 3.8) is 0 Å². The smallest absolute Gasteiger partial charge is 0.220 e. The van der Waals surface area contributed by atoms with Crippen molar-refractivity contribution in [2.75, 3.05) is 6.61 Å². The number of aliphatic hydroxyl groups is 2. The van der Waals surface area contributed by atoms with Gasteiger partial charge in [0.2, 0.25) is 5.91 Å². The van der Waals surface area contributed by atoms with Crippen molar-refractivity contribution in [3.05, 3.63) is 0 Å². The average molecular weight is 1000 g/mol. The van der Waals surface area contributed by atoms with Crippen LogP contribution in [0.1, 0.15) is 406 Å². The largest absolute Gasteiger partial charge is 0.394 e. The third-order valence-electron chi connectivity index (χ3n) is 16.4. The maximum Gasteiger partial charge on any atom is 0.220 e. The summed E-state index contributed by atoms with van der Waals surface area (Å²) in [4.78, 5) is 12.5. The monoisotopic (exact) mass is 1000 g/mol. The molecule has 0 saturated carbocycles. The minimum Gasteiger partial charge on any atom is -0.394 e. The van der Waals surface area contributed by atoms with E-state index in [1.54, 1.807) is 0 Å². The molecule has 4 heteroatoms. The van der Waals surface area contributed by atoms with Crippen molar-refractivity contribution < 1.29 is 15.0 Å². The lowest BCUT2D eigenvalue weighted by Gasteiger charge is -2.22. The number of unbranched alkanes of at least 4 members (excludes halogenated alkanes) is 57. The second kappa shape index (κ2) is 63.7. The molecule has 0 rings (SSSR count). The third kappa shape index (κ3) is 60.1. The summed E-state index contributed by atoms with van der Waals surface area (Å²) in [5, 5.41) is 23.5. The van der Waals surface area contributed by atoms with Gasteiger partial charge in [0.05, 0.1) is 18.8 Å². The topological polar surface area (TPSA) is 69.6 Å². The molecule has 2 unspecified atom stereocenters. The van der Waals surface area contributed by atoms with Crippen molar-refractivity contribution in [2.24, 2.45) is 0 Å². The maximum atomic E-state index is 12.5. The fraction of sp³-hybridized carbons (Fsp3) is 0.985. The van der Waals surface area contributed by atoms with E-state index in [0.29, 0.717) is 12.8 Å². The molecule has 0 aromatic carbocycles. The van der Waals surface area contributed by atoms with Crippen LogP contribution in [0.15, 0.2) is 0 Å². The number of hydrogen-bond donors (Lipinski definition) is 3. The molecule has 0 fully saturated rings. The lowest BCUT2D eigenvalue weighted by molar-refractivity contribution is -0.123.